The SMILES string of the molecule is CN=C(NCc1ccc(NCCOC)cc1)NCC1(CCOC)CCC1.I. The van der Waals surface area contributed by atoms with Crippen LogP contribution in [-0.2, 0) is 16.0 Å². The minimum atomic E-state index is 0. The summed E-state index contributed by atoms with van der Waals surface area (Å²) in [6.45, 7) is 4.06. The third-order valence-electron chi connectivity index (χ3n) is 5.15. The number of aliphatic imine (C=N–C) groups is 1. The molecule has 1 aliphatic rings. The maximum atomic E-state index is 5.27. The smallest absolute Gasteiger partial charge is 0.191 e. The van der Waals surface area contributed by atoms with Crippen LogP contribution in [-0.4, -0.2) is 53.5 Å². The molecule has 1 saturated carbocycles. The highest BCUT2D eigenvalue weighted by Crippen LogP contribution is 2.43. The van der Waals surface area contributed by atoms with Crippen molar-refractivity contribution >= 4 is 35.6 Å². The fraction of sp³-hybridized carbons (Fsp3) is 0.650. The Morgan fingerprint density at radius 1 is 1.07 bits per heavy atom. The number of nitrogens with zero attached hydrogens (tertiary/aromatic N) is 1. The predicted octanol–water partition coefficient (Wildman–Crippen LogP) is 3.23. The summed E-state index contributed by atoms with van der Waals surface area (Å²) < 4.78 is 10.3. The van der Waals surface area contributed by atoms with Crippen LogP contribution in [0, 0.1) is 5.41 Å². The first-order valence-corrected chi connectivity index (χ1v) is 9.46. The maximum absolute atomic E-state index is 5.27. The molecule has 154 valence electrons. The Bertz CT molecular complexity index is 547. The van der Waals surface area contributed by atoms with E-state index in [0.717, 1.165) is 44.3 Å². The van der Waals surface area contributed by atoms with E-state index in [9.17, 15) is 0 Å². The number of rotatable bonds is 11. The first-order chi connectivity index (χ1) is 12.7. The van der Waals surface area contributed by atoms with Gasteiger partial charge in [0.15, 0.2) is 5.96 Å². The number of methoxy groups -OCH3 is 2. The van der Waals surface area contributed by atoms with Crippen molar-refractivity contribution in [1.29, 1.82) is 0 Å². The van der Waals surface area contributed by atoms with Gasteiger partial charge in [0.2, 0.25) is 0 Å². The van der Waals surface area contributed by atoms with E-state index in [-0.39, 0.29) is 24.0 Å². The topological polar surface area (TPSA) is 66.9 Å². The molecule has 0 unspecified atom stereocenters. The Balaban J connectivity index is 0.00000364. The summed E-state index contributed by atoms with van der Waals surface area (Å²) in [4.78, 5) is 4.35. The van der Waals surface area contributed by atoms with E-state index < -0.39 is 0 Å². The number of benzene rings is 1. The van der Waals surface area contributed by atoms with Gasteiger partial charge in [0, 0.05) is 53.2 Å². The van der Waals surface area contributed by atoms with Crippen molar-refractivity contribution in [2.75, 3.05) is 52.9 Å². The highest BCUT2D eigenvalue weighted by molar-refractivity contribution is 14.0. The number of hydrogen-bond acceptors (Lipinski definition) is 4. The van der Waals surface area contributed by atoms with Crippen molar-refractivity contribution < 1.29 is 9.47 Å². The van der Waals surface area contributed by atoms with E-state index >= 15 is 0 Å². The number of nitrogens with one attached hydrogen (secondary N) is 3. The van der Waals surface area contributed by atoms with Crippen LogP contribution in [0.1, 0.15) is 31.2 Å². The highest BCUT2D eigenvalue weighted by Gasteiger charge is 2.36. The van der Waals surface area contributed by atoms with Gasteiger partial charge >= 0.3 is 0 Å². The zero-order chi connectivity index (χ0) is 18.7. The van der Waals surface area contributed by atoms with E-state index in [2.05, 4.69) is 45.2 Å². The molecule has 27 heavy (non-hydrogen) atoms. The van der Waals surface area contributed by atoms with E-state index in [1.165, 1.54) is 24.8 Å². The molecule has 1 aromatic rings. The van der Waals surface area contributed by atoms with Crippen LogP contribution in [0.2, 0.25) is 0 Å². The average Bonchev–Trinajstić information content (AvgIpc) is 2.64. The largest absolute Gasteiger partial charge is 0.385 e. The van der Waals surface area contributed by atoms with E-state index in [1.54, 1.807) is 14.2 Å². The Labute approximate surface area is 180 Å². The van der Waals surface area contributed by atoms with Crippen molar-refractivity contribution in [3.05, 3.63) is 29.8 Å². The van der Waals surface area contributed by atoms with Crippen molar-refractivity contribution in [3.8, 4) is 0 Å². The van der Waals surface area contributed by atoms with Gasteiger partial charge in [-0.15, -0.1) is 24.0 Å². The molecule has 7 heteroatoms. The van der Waals surface area contributed by atoms with Gasteiger partial charge in [-0.25, -0.2) is 0 Å². The molecule has 1 aliphatic carbocycles. The number of halogens is 1. The van der Waals surface area contributed by atoms with Gasteiger partial charge in [0.25, 0.3) is 0 Å². The van der Waals surface area contributed by atoms with Crippen LogP contribution in [0.25, 0.3) is 0 Å². The van der Waals surface area contributed by atoms with Crippen molar-refractivity contribution in [1.82, 2.24) is 10.6 Å². The van der Waals surface area contributed by atoms with Crippen LogP contribution in [0.5, 0.6) is 0 Å². The zero-order valence-electron chi connectivity index (χ0n) is 16.8. The van der Waals surface area contributed by atoms with Gasteiger partial charge in [0.1, 0.15) is 0 Å². The second-order valence-electron chi connectivity index (χ2n) is 6.99. The second kappa shape index (κ2) is 13.2. The van der Waals surface area contributed by atoms with Gasteiger partial charge in [-0.2, -0.15) is 0 Å². The lowest BCUT2D eigenvalue weighted by atomic mass is 9.67. The van der Waals surface area contributed by atoms with Gasteiger partial charge in [-0.3, -0.25) is 4.99 Å². The standard InChI is InChI=1S/C20H34N4O2.HI/c1-21-19(24-16-20(9-4-10-20)11-13-25-2)23-15-17-5-7-18(8-6-17)22-12-14-26-3;/h5-8,22H,4,9-16H2,1-3H3,(H2,21,23,24);1H. The summed E-state index contributed by atoms with van der Waals surface area (Å²) in [5.41, 5.74) is 2.71. The number of hydrogen-bond donors (Lipinski definition) is 3. The minimum absolute atomic E-state index is 0. The zero-order valence-corrected chi connectivity index (χ0v) is 19.2. The summed E-state index contributed by atoms with van der Waals surface area (Å²) >= 11 is 0. The normalized spacial score (nSPS) is 15.4. The Morgan fingerprint density at radius 2 is 1.78 bits per heavy atom. The van der Waals surface area contributed by atoms with Crippen LogP contribution in [0.3, 0.4) is 0 Å². The van der Waals surface area contributed by atoms with Crippen LogP contribution >= 0.6 is 24.0 Å². The highest BCUT2D eigenvalue weighted by atomic mass is 127. The monoisotopic (exact) mass is 490 g/mol. The Morgan fingerprint density at radius 3 is 2.33 bits per heavy atom. The molecule has 0 aromatic heterocycles. The molecule has 3 N–H and O–H groups in total. The van der Waals surface area contributed by atoms with Crippen LogP contribution < -0.4 is 16.0 Å². The number of ether oxygens (including phenoxy) is 2. The number of anilines is 1. The summed E-state index contributed by atoms with van der Waals surface area (Å²) in [6.07, 6.45) is 4.99. The fourth-order valence-corrected chi connectivity index (χ4v) is 3.23. The lowest BCUT2D eigenvalue weighted by molar-refractivity contribution is 0.0732. The van der Waals surface area contributed by atoms with Gasteiger partial charge in [-0.1, -0.05) is 18.6 Å². The molecule has 0 saturated heterocycles. The van der Waals surface area contributed by atoms with Crippen LogP contribution in [0.15, 0.2) is 29.3 Å². The first kappa shape index (κ1) is 24.0. The first-order valence-electron chi connectivity index (χ1n) is 9.46. The van der Waals surface area contributed by atoms with Crippen LogP contribution in [0.4, 0.5) is 5.69 Å². The molecule has 0 amide bonds. The molecule has 0 bridgehead atoms. The molecule has 1 fully saturated rings. The second-order valence-corrected chi connectivity index (χ2v) is 6.99. The fourth-order valence-electron chi connectivity index (χ4n) is 3.23. The molecule has 0 spiro atoms. The minimum Gasteiger partial charge on any atom is -0.385 e. The maximum Gasteiger partial charge on any atom is 0.191 e. The summed E-state index contributed by atoms with van der Waals surface area (Å²) in [5, 5.41) is 10.2. The lowest BCUT2D eigenvalue weighted by Gasteiger charge is -2.42. The molecule has 1 aromatic carbocycles. The van der Waals surface area contributed by atoms with E-state index in [1.807, 2.05) is 7.05 Å². The van der Waals surface area contributed by atoms with Gasteiger partial charge in [0.05, 0.1) is 6.61 Å². The molecule has 2 rings (SSSR count). The quantitative estimate of drug-likeness (QED) is 0.192. The third-order valence-corrected chi connectivity index (χ3v) is 5.15. The third kappa shape index (κ3) is 8.23. The van der Waals surface area contributed by atoms with Crippen molar-refractivity contribution in [2.24, 2.45) is 10.4 Å². The summed E-state index contributed by atoms with van der Waals surface area (Å²) in [5.74, 6) is 0.857. The van der Waals surface area contributed by atoms with E-state index in [4.69, 9.17) is 9.47 Å². The molecule has 0 heterocycles. The molecule has 0 aliphatic heterocycles. The summed E-state index contributed by atoms with van der Waals surface area (Å²) in [6, 6.07) is 8.44. The van der Waals surface area contributed by atoms with E-state index in [0.29, 0.717) is 12.0 Å². The molecular formula is C20H35IN4O2. The molecule has 6 nitrogen and oxygen atoms in total. The van der Waals surface area contributed by atoms with Gasteiger partial charge < -0.3 is 25.4 Å². The predicted molar refractivity (Wildman–Crippen MR) is 123 cm³/mol. The molecule has 0 radical (unpaired) electrons. The summed E-state index contributed by atoms with van der Waals surface area (Å²) in [7, 11) is 5.31. The van der Waals surface area contributed by atoms with Crippen molar-refractivity contribution in [2.45, 2.75) is 32.2 Å². The number of guanidine groups is 1. The lowest BCUT2D eigenvalue weighted by Crippen LogP contribution is -2.46. The Hall–Kier alpha value is -1.06. The molecular weight excluding hydrogens is 455 g/mol. The van der Waals surface area contributed by atoms with Crippen molar-refractivity contribution in [3.63, 3.8) is 0 Å². The molecule has 0 atom stereocenters. The Kier molecular flexibility index (Phi) is 11.7. The van der Waals surface area contributed by atoms with Gasteiger partial charge in [-0.05, 0) is 42.4 Å². The average molecular weight is 490 g/mol.